The number of rotatable bonds is 11. The van der Waals surface area contributed by atoms with E-state index in [1.807, 2.05) is 25.1 Å². The molecule has 7 nitrogen and oxygen atoms in total. The molecule has 2 heterocycles. The number of aromatic nitrogens is 2. The van der Waals surface area contributed by atoms with Crippen molar-refractivity contribution in [3.63, 3.8) is 0 Å². The number of β-amino-alcohol motifs (C(OH)–C–C–N with tert-alkyl or cyclic N) is 1. The summed E-state index contributed by atoms with van der Waals surface area (Å²) in [5.41, 5.74) is 4.59. The van der Waals surface area contributed by atoms with Crippen molar-refractivity contribution < 1.29 is 14.6 Å². The first kappa shape index (κ1) is 22.6. The molecule has 0 amide bonds. The van der Waals surface area contributed by atoms with Crippen molar-refractivity contribution in [3.8, 4) is 11.5 Å². The lowest BCUT2D eigenvalue weighted by Crippen LogP contribution is -2.33. The van der Waals surface area contributed by atoms with Gasteiger partial charge in [-0.25, -0.2) is 0 Å². The number of H-pyrrole nitrogens is 1. The predicted molar refractivity (Wildman–Crippen MR) is 118 cm³/mol. The molecule has 1 fully saturated rings. The second-order valence-electron chi connectivity index (χ2n) is 8.35. The molecular weight excluding hydrogens is 380 g/mol. The summed E-state index contributed by atoms with van der Waals surface area (Å²) in [6, 6.07) is 5.92. The summed E-state index contributed by atoms with van der Waals surface area (Å²) in [5, 5.41) is 17.7. The third kappa shape index (κ3) is 6.20. The number of aromatic amines is 1. The Morgan fingerprint density at radius 2 is 2.03 bits per heavy atom. The van der Waals surface area contributed by atoms with Crippen LogP contribution in [0.5, 0.6) is 11.5 Å². The maximum absolute atomic E-state index is 10.4. The molecule has 0 saturated carbocycles. The van der Waals surface area contributed by atoms with Gasteiger partial charge in [0.1, 0.15) is 24.2 Å². The lowest BCUT2D eigenvalue weighted by Gasteiger charge is -2.22. The molecule has 0 bridgehead atoms. The third-order valence-electron chi connectivity index (χ3n) is 5.84. The molecule has 2 N–H and O–H groups in total. The van der Waals surface area contributed by atoms with Crippen molar-refractivity contribution in [1.82, 2.24) is 20.0 Å². The van der Waals surface area contributed by atoms with Crippen molar-refractivity contribution in [3.05, 3.63) is 40.7 Å². The highest BCUT2D eigenvalue weighted by molar-refractivity contribution is 5.40. The molecule has 30 heavy (non-hydrogen) atoms. The smallest absolute Gasteiger partial charge is 0.127 e. The highest BCUT2D eigenvalue weighted by Gasteiger charge is 2.17. The fourth-order valence-corrected chi connectivity index (χ4v) is 4.04. The van der Waals surface area contributed by atoms with Crippen LogP contribution >= 0.6 is 0 Å². The van der Waals surface area contributed by atoms with Crippen LogP contribution in [0, 0.1) is 13.8 Å². The standard InChI is InChI=1S/C23H36N4O3/c1-17-22(18(2)25-24-17)9-12-26(3)14-19-7-8-21(29-4)13-23(19)30-16-20(28)15-27-10-5-6-11-27/h7-8,13,20,28H,5-6,9-12,14-16H2,1-4H3,(H,24,25). The second kappa shape index (κ2) is 10.8. The molecule has 1 aliphatic rings. The lowest BCUT2D eigenvalue weighted by atomic mass is 10.1. The van der Waals surface area contributed by atoms with Gasteiger partial charge in [0.2, 0.25) is 0 Å². The monoisotopic (exact) mass is 416 g/mol. The first-order valence-corrected chi connectivity index (χ1v) is 10.9. The number of nitrogens with one attached hydrogen (secondary N) is 1. The summed E-state index contributed by atoms with van der Waals surface area (Å²) >= 11 is 0. The van der Waals surface area contributed by atoms with Crippen LogP contribution in [0.15, 0.2) is 18.2 Å². The Morgan fingerprint density at radius 3 is 2.70 bits per heavy atom. The van der Waals surface area contributed by atoms with E-state index in [9.17, 15) is 5.11 Å². The van der Waals surface area contributed by atoms with Gasteiger partial charge in [0, 0.05) is 37.0 Å². The van der Waals surface area contributed by atoms with Gasteiger partial charge < -0.3 is 24.4 Å². The summed E-state index contributed by atoms with van der Waals surface area (Å²) in [6.07, 6.45) is 2.90. The van der Waals surface area contributed by atoms with Crippen LogP contribution in [0.1, 0.15) is 35.4 Å². The average molecular weight is 417 g/mol. The maximum Gasteiger partial charge on any atom is 0.127 e. The number of aliphatic hydroxyl groups excluding tert-OH is 1. The third-order valence-corrected chi connectivity index (χ3v) is 5.84. The van der Waals surface area contributed by atoms with E-state index in [0.717, 1.165) is 61.1 Å². The Balaban J connectivity index is 1.57. The molecule has 1 atom stereocenters. The normalized spacial score (nSPS) is 15.7. The lowest BCUT2D eigenvalue weighted by molar-refractivity contribution is 0.0750. The van der Waals surface area contributed by atoms with Gasteiger partial charge >= 0.3 is 0 Å². The van der Waals surface area contributed by atoms with Gasteiger partial charge in [0.15, 0.2) is 0 Å². The van der Waals surface area contributed by atoms with E-state index in [1.54, 1.807) is 7.11 Å². The zero-order valence-corrected chi connectivity index (χ0v) is 18.8. The SMILES string of the molecule is COc1ccc(CN(C)CCc2c(C)n[nH]c2C)c(OCC(O)CN2CCCC2)c1. The quantitative estimate of drug-likeness (QED) is 0.586. The van der Waals surface area contributed by atoms with Crippen LogP contribution in [-0.4, -0.2) is 78.2 Å². The molecule has 1 aliphatic heterocycles. The van der Waals surface area contributed by atoms with Crippen LogP contribution in [-0.2, 0) is 13.0 Å². The van der Waals surface area contributed by atoms with E-state index in [4.69, 9.17) is 9.47 Å². The van der Waals surface area contributed by atoms with Gasteiger partial charge in [-0.2, -0.15) is 5.10 Å². The van der Waals surface area contributed by atoms with E-state index in [0.29, 0.717) is 6.54 Å². The molecule has 0 aliphatic carbocycles. The fraction of sp³-hybridized carbons (Fsp3) is 0.609. The first-order chi connectivity index (χ1) is 14.5. The van der Waals surface area contributed by atoms with Gasteiger partial charge in [-0.1, -0.05) is 6.07 Å². The Morgan fingerprint density at radius 1 is 1.27 bits per heavy atom. The number of hydrogen-bond acceptors (Lipinski definition) is 6. The summed E-state index contributed by atoms with van der Waals surface area (Å²) in [6.45, 7) is 8.89. The maximum atomic E-state index is 10.4. The molecule has 2 aromatic rings. The number of hydrogen-bond donors (Lipinski definition) is 2. The number of likely N-dealkylation sites (N-methyl/N-ethyl adjacent to an activating group) is 1. The highest BCUT2D eigenvalue weighted by Crippen LogP contribution is 2.26. The highest BCUT2D eigenvalue weighted by atomic mass is 16.5. The van der Waals surface area contributed by atoms with E-state index < -0.39 is 6.10 Å². The summed E-state index contributed by atoms with van der Waals surface area (Å²) < 4.78 is 11.4. The van der Waals surface area contributed by atoms with Crippen LogP contribution in [0.4, 0.5) is 0 Å². The predicted octanol–water partition coefficient (Wildman–Crippen LogP) is 2.55. The number of nitrogens with zero attached hydrogens (tertiary/aromatic N) is 3. The molecule has 0 radical (unpaired) electrons. The number of methoxy groups -OCH3 is 1. The number of likely N-dealkylation sites (tertiary alicyclic amines) is 1. The number of aliphatic hydroxyl groups is 1. The van der Waals surface area contributed by atoms with Crippen molar-refractivity contribution >= 4 is 0 Å². The molecule has 166 valence electrons. The molecule has 7 heteroatoms. The summed E-state index contributed by atoms with van der Waals surface area (Å²) in [7, 11) is 3.77. The number of benzene rings is 1. The Hall–Kier alpha value is -2.09. The zero-order valence-electron chi connectivity index (χ0n) is 18.8. The molecular formula is C23H36N4O3. The molecule has 1 aromatic carbocycles. The first-order valence-electron chi connectivity index (χ1n) is 10.9. The Kier molecular flexibility index (Phi) is 8.13. The van der Waals surface area contributed by atoms with Crippen LogP contribution in [0.3, 0.4) is 0 Å². The zero-order chi connectivity index (χ0) is 21.5. The van der Waals surface area contributed by atoms with E-state index in [2.05, 4.69) is 34.0 Å². The minimum atomic E-state index is -0.494. The molecule has 0 spiro atoms. The molecule has 1 saturated heterocycles. The second-order valence-corrected chi connectivity index (χ2v) is 8.35. The average Bonchev–Trinajstić information content (AvgIpc) is 3.35. The van der Waals surface area contributed by atoms with Crippen molar-refractivity contribution in [1.29, 1.82) is 0 Å². The van der Waals surface area contributed by atoms with Crippen molar-refractivity contribution in [2.75, 3.05) is 46.9 Å². The molecule has 1 aromatic heterocycles. The minimum absolute atomic E-state index is 0.286. The van der Waals surface area contributed by atoms with Crippen LogP contribution < -0.4 is 9.47 Å². The van der Waals surface area contributed by atoms with Gasteiger partial charge in [-0.05, 0) is 64.9 Å². The molecule has 3 rings (SSSR count). The summed E-state index contributed by atoms with van der Waals surface area (Å²) in [4.78, 5) is 4.58. The van der Waals surface area contributed by atoms with Gasteiger partial charge in [-0.15, -0.1) is 0 Å². The van der Waals surface area contributed by atoms with E-state index >= 15 is 0 Å². The number of ether oxygens (including phenoxy) is 2. The Labute approximate surface area is 180 Å². The topological polar surface area (TPSA) is 73.8 Å². The van der Waals surface area contributed by atoms with E-state index in [1.165, 1.54) is 18.4 Å². The minimum Gasteiger partial charge on any atom is -0.497 e. The van der Waals surface area contributed by atoms with Gasteiger partial charge in [-0.3, -0.25) is 5.10 Å². The van der Waals surface area contributed by atoms with Crippen LogP contribution in [0.25, 0.3) is 0 Å². The van der Waals surface area contributed by atoms with Crippen molar-refractivity contribution in [2.24, 2.45) is 0 Å². The molecule has 1 unspecified atom stereocenters. The Bertz CT molecular complexity index is 782. The van der Waals surface area contributed by atoms with Crippen molar-refractivity contribution in [2.45, 2.75) is 45.8 Å². The summed E-state index contributed by atoms with van der Waals surface area (Å²) in [5.74, 6) is 1.53. The van der Waals surface area contributed by atoms with E-state index in [-0.39, 0.29) is 6.61 Å². The largest absolute Gasteiger partial charge is 0.497 e. The fourth-order valence-electron chi connectivity index (χ4n) is 4.04. The van der Waals surface area contributed by atoms with Gasteiger partial charge in [0.25, 0.3) is 0 Å². The number of aryl methyl sites for hydroxylation is 2. The van der Waals surface area contributed by atoms with Crippen LogP contribution in [0.2, 0.25) is 0 Å². The van der Waals surface area contributed by atoms with Gasteiger partial charge in [0.05, 0.1) is 12.8 Å².